The molecule has 48 heavy (non-hydrogen) atoms. The lowest BCUT2D eigenvalue weighted by atomic mass is 10.00. The van der Waals surface area contributed by atoms with Crippen molar-refractivity contribution in [2.75, 3.05) is 13.1 Å². The number of primary amides is 1. The van der Waals surface area contributed by atoms with E-state index in [0.717, 1.165) is 5.39 Å². The third-order valence-corrected chi connectivity index (χ3v) is 5.93. The van der Waals surface area contributed by atoms with E-state index in [-0.39, 0.29) is 24.0 Å². The molecule has 270 valence electrons. The van der Waals surface area contributed by atoms with Gasteiger partial charge in [-0.2, -0.15) is 0 Å². The topological polar surface area (TPSA) is 340 Å². The number of carboxylic acid groups (broad SMARTS) is 3. The van der Waals surface area contributed by atoms with Gasteiger partial charge >= 0.3 is 29.6 Å². The maximum absolute atomic E-state index is 11.4. The Morgan fingerprint density at radius 2 is 1.56 bits per heavy atom. The average Bonchev–Trinajstić information content (AvgIpc) is 2.97. The van der Waals surface area contributed by atoms with Crippen molar-refractivity contribution in [1.29, 1.82) is 0 Å². The van der Waals surface area contributed by atoms with Crippen molar-refractivity contribution in [1.82, 2.24) is 5.32 Å². The molecule has 1 heterocycles. The number of guanidine groups is 1. The summed E-state index contributed by atoms with van der Waals surface area (Å²) in [5.41, 5.74) is 24.6. The molecule has 0 aliphatic carbocycles. The number of alkyl carbamates (subject to hydrolysis) is 1. The number of nitrogens with two attached hydrogens (primary N) is 5. The molecule has 0 saturated heterocycles. The van der Waals surface area contributed by atoms with Gasteiger partial charge in [0, 0.05) is 11.9 Å². The molecule has 0 spiro atoms. The van der Waals surface area contributed by atoms with Crippen LogP contribution < -0.4 is 39.6 Å². The fraction of sp³-hybridized carbons (Fsp3) is 0.500. The van der Waals surface area contributed by atoms with Crippen LogP contribution in [0.1, 0.15) is 69.8 Å². The van der Waals surface area contributed by atoms with E-state index in [1.807, 2.05) is 6.92 Å². The van der Waals surface area contributed by atoms with Crippen LogP contribution >= 0.6 is 0 Å². The Labute approximate surface area is 277 Å². The SMILES string of the molecule is CC[C@H](C)[C@H](NC(=O)OC(C)(C)C)C(=O)O.Cc1c(C(N)=O)c(=O)oc2ccccc12.NC(N)=NCCC[C@H](N)C(=O)O.NCC(=O)O. The van der Waals surface area contributed by atoms with E-state index in [9.17, 15) is 28.8 Å². The number of aliphatic imine (C=N–C) groups is 1. The number of rotatable bonds is 11. The molecular weight excluding hydrogens is 634 g/mol. The number of nitrogens with one attached hydrogen (secondary N) is 1. The predicted molar refractivity (Wildman–Crippen MR) is 178 cm³/mol. The van der Waals surface area contributed by atoms with Gasteiger partial charge in [-0.1, -0.05) is 38.5 Å². The van der Waals surface area contributed by atoms with E-state index in [1.54, 1.807) is 58.9 Å². The van der Waals surface area contributed by atoms with Crippen LogP contribution in [0.2, 0.25) is 0 Å². The van der Waals surface area contributed by atoms with Gasteiger partial charge in [0.2, 0.25) is 0 Å². The van der Waals surface area contributed by atoms with Gasteiger partial charge < -0.3 is 58.5 Å². The van der Waals surface area contributed by atoms with Crippen molar-refractivity contribution in [2.45, 2.75) is 78.5 Å². The average molecular weight is 684 g/mol. The highest BCUT2D eigenvalue weighted by atomic mass is 16.6. The zero-order valence-corrected chi connectivity index (χ0v) is 28.0. The summed E-state index contributed by atoms with van der Waals surface area (Å²) in [6, 6.07) is 5.29. The van der Waals surface area contributed by atoms with Gasteiger partial charge in [0.1, 0.15) is 28.8 Å². The summed E-state index contributed by atoms with van der Waals surface area (Å²) in [5, 5.41) is 28.0. The van der Waals surface area contributed by atoms with Crippen LogP contribution in [0, 0.1) is 12.8 Å². The van der Waals surface area contributed by atoms with Gasteiger partial charge in [-0.15, -0.1) is 0 Å². The number of hydrogen-bond acceptors (Lipinski definition) is 11. The highest BCUT2D eigenvalue weighted by Gasteiger charge is 2.27. The number of aliphatic carboxylic acids is 3. The van der Waals surface area contributed by atoms with E-state index >= 15 is 0 Å². The standard InChI is InChI=1S/C11H21NO4.C11H9NO3.C6H14N4O2.C2H5NO2/c1-6-7(2)8(9(13)14)12-10(15)16-11(3,4)5;1-6-7-4-2-3-5-8(7)15-11(14)9(6)10(12)13;7-4(5(11)12)2-1-3-10-6(8)9;3-1-2(4)5/h7-8H,6H2,1-5H3,(H,12,15)(H,13,14);2-5H,1H3,(H2,12,13);4H,1-3,7H2,(H,11,12)(H4,8,9,10);1,3H2,(H,4,5)/t7-,8-;;4-;/m0.0./s1. The summed E-state index contributed by atoms with van der Waals surface area (Å²) in [4.78, 5) is 67.9. The van der Waals surface area contributed by atoms with E-state index in [2.05, 4.69) is 16.0 Å². The fourth-order valence-electron chi connectivity index (χ4n) is 3.35. The molecule has 14 N–H and O–H groups in total. The minimum absolute atomic E-state index is 0.0129. The second-order valence-corrected chi connectivity index (χ2v) is 11.1. The van der Waals surface area contributed by atoms with Crippen molar-refractivity contribution in [3.8, 4) is 0 Å². The normalized spacial score (nSPS) is 12.1. The maximum atomic E-state index is 11.4. The molecule has 2 aromatic rings. The van der Waals surface area contributed by atoms with Gasteiger partial charge in [0.15, 0.2) is 5.96 Å². The summed E-state index contributed by atoms with van der Waals surface area (Å²) in [6.45, 7) is 10.7. The number of hydrogen-bond donors (Lipinski definition) is 9. The van der Waals surface area contributed by atoms with E-state index in [4.69, 9.17) is 47.4 Å². The van der Waals surface area contributed by atoms with Crippen LogP contribution in [0.5, 0.6) is 0 Å². The third kappa shape index (κ3) is 19.3. The number of aryl methyl sites for hydroxylation is 1. The predicted octanol–water partition coefficient (Wildman–Crippen LogP) is 0.692. The quantitative estimate of drug-likeness (QED) is 0.0680. The van der Waals surface area contributed by atoms with Crippen LogP contribution in [0.4, 0.5) is 4.79 Å². The molecule has 0 aliphatic heterocycles. The lowest BCUT2D eigenvalue weighted by molar-refractivity contribution is -0.141. The number of benzene rings is 1. The maximum Gasteiger partial charge on any atom is 0.408 e. The van der Waals surface area contributed by atoms with E-state index in [1.165, 1.54) is 0 Å². The Hall–Kier alpha value is -5.23. The van der Waals surface area contributed by atoms with Gasteiger partial charge in [-0.25, -0.2) is 14.4 Å². The van der Waals surface area contributed by atoms with Gasteiger partial charge in [0.25, 0.3) is 5.91 Å². The number of carbonyl (C=O) groups is 5. The first-order valence-corrected chi connectivity index (χ1v) is 14.6. The number of carbonyl (C=O) groups excluding carboxylic acids is 2. The molecule has 2 amide bonds. The molecule has 0 saturated carbocycles. The first kappa shape index (κ1) is 44.9. The van der Waals surface area contributed by atoms with Crippen molar-refractivity contribution >= 4 is 46.8 Å². The Kier molecular flexibility index (Phi) is 20.9. The minimum atomic E-state index is -1.04. The minimum Gasteiger partial charge on any atom is -0.480 e. The Morgan fingerprint density at radius 1 is 1.02 bits per heavy atom. The van der Waals surface area contributed by atoms with Crippen molar-refractivity contribution < 1.29 is 48.4 Å². The lowest BCUT2D eigenvalue weighted by Crippen LogP contribution is -2.46. The van der Waals surface area contributed by atoms with Crippen LogP contribution in [-0.4, -0.2) is 82.0 Å². The summed E-state index contributed by atoms with van der Waals surface area (Å²) < 4.78 is 9.98. The highest BCUT2D eigenvalue weighted by Crippen LogP contribution is 2.18. The molecule has 18 heteroatoms. The van der Waals surface area contributed by atoms with Crippen molar-refractivity contribution in [3.05, 3.63) is 45.8 Å². The molecule has 1 aromatic carbocycles. The largest absolute Gasteiger partial charge is 0.480 e. The third-order valence-electron chi connectivity index (χ3n) is 5.93. The van der Waals surface area contributed by atoms with Gasteiger partial charge in [-0.3, -0.25) is 19.4 Å². The van der Waals surface area contributed by atoms with Crippen LogP contribution in [-0.2, 0) is 19.1 Å². The fourth-order valence-corrected chi connectivity index (χ4v) is 3.35. The van der Waals surface area contributed by atoms with E-state index in [0.29, 0.717) is 37.0 Å². The summed E-state index contributed by atoms with van der Waals surface area (Å²) in [6.07, 6.45) is 0.935. The summed E-state index contributed by atoms with van der Waals surface area (Å²) >= 11 is 0. The molecule has 0 unspecified atom stereocenters. The second-order valence-electron chi connectivity index (χ2n) is 11.1. The molecular formula is C30H49N7O11. The monoisotopic (exact) mass is 683 g/mol. The number of carboxylic acids is 3. The first-order valence-electron chi connectivity index (χ1n) is 14.6. The van der Waals surface area contributed by atoms with Crippen LogP contribution in [0.3, 0.4) is 0 Å². The summed E-state index contributed by atoms with van der Waals surface area (Å²) in [7, 11) is 0. The van der Waals surface area contributed by atoms with Gasteiger partial charge in [-0.05, 0) is 58.1 Å². The van der Waals surface area contributed by atoms with E-state index < -0.39 is 53.2 Å². The molecule has 0 bridgehead atoms. The Bertz CT molecular complexity index is 1450. The van der Waals surface area contributed by atoms with Crippen LogP contribution in [0.15, 0.2) is 38.5 Å². The van der Waals surface area contributed by atoms with Crippen LogP contribution in [0.25, 0.3) is 11.0 Å². The van der Waals surface area contributed by atoms with Gasteiger partial charge in [0.05, 0.1) is 6.54 Å². The lowest BCUT2D eigenvalue weighted by Gasteiger charge is -2.24. The zero-order valence-electron chi connectivity index (χ0n) is 28.0. The molecule has 1 aromatic heterocycles. The highest BCUT2D eigenvalue weighted by molar-refractivity contribution is 5.98. The summed E-state index contributed by atoms with van der Waals surface area (Å²) in [5.74, 6) is -3.89. The van der Waals surface area contributed by atoms with Crippen molar-refractivity contribution in [3.63, 3.8) is 0 Å². The Balaban J connectivity index is 0. The molecule has 0 fully saturated rings. The number of amides is 2. The molecule has 0 radical (unpaired) electrons. The first-order chi connectivity index (χ1) is 22.1. The smallest absolute Gasteiger partial charge is 0.408 e. The number of ether oxygens (including phenoxy) is 1. The number of fused-ring (bicyclic) bond motifs is 1. The van der Waals surface area contributed by atoms with Crippen molar-refractivity contribution in [2.24, 2.45) is 39.6 Å². The molecule has 18 nitrogen and oxygen atoms in total. The molecule has 2 rings (SSSR count). The Morgan fingerprint density at radius 3 is 1.98 bits per heavy atom. The zero-order chi connectivity index (χ0) is 37.8. The molecule has 0 aliphatic rings. The molecule has 3 atom stereocenters. The second kappa shape index (κ2) is 22.3. The number of nitrogens with zero attached hydrogens (tertiary/aromatic N) is 1. The number of para-hydroxylation sites is 1.